The molecule has 1 heterocycles. The van der Waals surface area contributed by atoms with Gasteiger partial charge in [-0.1, -0.05) is 0 Å². The summed E-state index contributed by atoms with van der Waals surface area (Å²) < 4.78 is 2.03. The van der Waals surface area contributed by atoms with Crippen molar-refractivity contribution in [2.24, 2.45) is 5.73 Å². The van der Waals surface area contributed by atoms with Crippen molar-refractivity contribution >= 4 is 0 Å². The normalized spacial score (nSPS) is 10.0. The summed E-state index contributed by atoms with van der Waals surface area (Å²) in [6.45, 7) is 3.56. The molecule has 0 aliphatic rings. The molecule has 1 aromatic rings. The minimum atomic E-state index is 0.678. The van der Waals surface area contributed by atoms with Gasteiger partial charge in [0.05, 0.1) is 6.33 Å². The largest absolute Gasteiger partial charge is 0.334 e. The third-order valence-electron chi connectivity index (χ3n) is 1.29. The van der Waals surface area contributed by atoms with Gasteiger partial charge in [0.15, 0.2) is 0 Å². The average Bonchev–Trinajstić information content (AvgIpc) is 2.18. The van der Waals surface area contributed by atoms with Crippen molar-refractivity contribution < 1.29 is 0 Å². The van der Waals surface area contributed by atoms with E-state index in [0.29, 0.717) is 6.54 Å². The predicted molar refractivity (Wildman–Crippen MR) is 36.0 cm³/mol. The van der Waals surface area contributed by atoms with Crippen LogP contribution in [0.4, 0.5) is 0 Å². The zero-order valence-corrected chi connectivity index (χ0v) is 5.54. The first-order chi connectivity index (χ1) is 4.34. The molecule has 0 amide bonds. The van der Waals surface area contributed by atoms with Gasteiger partial charge in [0, 0.05) is 25.0 Å². The summed E-state index contributed by atoms with van der Waals surface area (Å²) in [4.78, 5) is 3.95. The molecule has 2 N–H and O–H groups in total. The molecule has 0 unspecified atom stereocenters. The number of aromatic nitrogens is 2. The first kappa shape index (κ1) is 6.29. The number of hydrogen-bond acceptors (Lipinski definition) is 2. The van der Waals surface area contributed by atoms with Crippen molar-refractivity contribution in [2.75, 3.05) is 6.54 Å². The molecule has 3 nitrogen and oxygen atoms in total. The van der Waals surface area contributed by atoms with E-state index >= 15 is 0 Å². The Balaban J connectivity index is 2.69. The maximum Gasteiger partial charge on any atom is 0.0948 e. The highest BCUT2D eigenvalue weighted by Crippen LogP contribution is 1.93. The van der Waals surface area contributed by atoms with Gasteiger partial charge in [-0.3, -0.25) is 0 Å². The first-order valence-corrected chi connectivity index (χ1v) is 3.01. The molecule has 0 spiro atoms. The monoisotopic (exact) mass is 125 g/mol. The van der Waals surface area contributed by atoms with Crippen molar-refractivity contribution in [3.8, 4) is 0 Å². The minimum Gasteiger partial charge on any atom is -0.334 e. The third-order valence-corrected chi connectivity index (χ3v) is 1.29. The maximum atomic E-state index is 5.34. The summed E-state index contributed by atoms with van der Waals surface area (Å²) in [5.74, 6) is 0. The van der Waals surface area contributed by atoms with Crippen LogP contribution in [0.3, 0.4) is 0 Å². The van der Waals surface area contributed by atoms with E-state index in [2.05, 4.69) is 4.98 Å². The Kier molecular flexibility index (Phi) is 1.85. The zero-order chi connectivity index (χ0) is 6.69. The molecule has 0 fully saturated rings. The number of hydrogen-bond donors (Lipinski definition) is 1. The van der Waals surface area contributed by atoms with E-state index in [9.17, 15) is 0 Å². The lowest BCUT2D eigenvalue weighted by Crippen LogP contribution is -2.09. The summed E-state index contributed by atoms with van der Waals surface area (Å²) in [5.41, 5.74) is 6.51. The van der Waals surface area contributed by atoms with E-state index in [-0.39, 0.29) is 0 Å². The van der Waals surface area contributed by atoms with Gasteiger partial charge in [0.2, 0.25) is 0 Å². The Morgan fingerprint density at radius 1 is 1.78 bits per heavy atom. The van der Waals surface area contributed by atoms with Crippen LogP contribution >= 0.6 is 0 Å². The van der Waals surface area contributed by atoms with Gasteiger partial charge in [0.1, 0.15) is 0 Å². The van der Waals surface area contributed by atoms with Crippen LogP contribution < -0.4 is 5.73 Å². The van der Waals surface area contributed by atoms with Crippen LogP contribution in [0.1, 0.15) is 5.69 Å². The Morgan fingerprint density at radius 2 is 2.56 bits per heavy atom. The standard InChI is InChI=1S/C6H11N3/c1-6-4-8-5-9(6)3-2-7/h4-5H,2-3,7H2,1H3. The van der Waals surface area contributed by atoms with E-state index < -0.39 is 0 Å². The van der Waals surface area contributed by atoms with Gasteiger partial charge in [0.25, 0.3) is 0 Å². The highest BCUT2D eigenvalue weighted by molar-refractivity contribution is 4.93. The molecule has 3 heteroatoms. The molecule has 9 heavy (non-hydrogen) atoms. The van der Waals surface area contributed by atoms with Crippen molar-refractivity contribution in [1.29, 1.82) is 0 Å². The topological polar surface area (TPSA) is 43.8 Å². The number of imidazole rings is 1. The molecule has 0 aliphatic carbocycles. The molecule has 0 bridgehead atoms. The molecule has 0 aliphatic heterocycles. The van der Waals surface area contributed by atoms with E-state index in [1.54, 1.807) is 6.33 Å². The van der Waals surface area contributed by atoms with Gasteiger partial charge >= 0.3 is 0 Å². The fraction of sp³-hybridized carbons (Fsp3) is 0.500. The Bertz CT molecular complexity index is 180. The van der Waals surface area contributed by atoms with Crippen LogP contribution in [0.15, 0.2) is 12.5 Å². The SMILES string of the molecule is Cc1cncn1CCN. The van der Waals surface area contributed by atoms with Gasteiger partial charge in [-0.25, -0.2) is 4.98 Å². The lowest BCUT2D eigenvalue weighted by molar-refractivity contribution is 0.689. The van der Waals surface area contributed by atoms with Gasteiger partial charge < -0.3 is 10.3 Å². The molecule has 0 atom stereocenters. The summed E-state index contributed by atoms with van der Waals surface area (Å²) in [5, 5.41) is 0. The second-order valence-corrected chi connectivity index (χ2v) is 2.02. The Labute approximate surface area is 54.5 Å². The number of aryl methyl sites for hydroxylation is 1. The molecule has 0 saturated heterocycles. The number of nitrogens with two attached hydrogens (primary N) is 1. The highest BCUT2D eigenvalue weighted by Gasteiger charge is 1.91. The van der Waals surface area contributed by atoms with E-state index in [4.69, 9.17) is 5.73 Å². The van der Waals surface area contributed by atoms with E-state index in [1.807, 2.05) is 17.7 Å². The minimum absolute atomic E-state index is 0.678. The van der Waals surface area contributed by atoms with Gasteiger partial charge in [-0.2, -0.15) is 0 Å². The van der Waals surface area contributed by atoms with Gasteiger partial charge in [-0.15, -0.1) is 0 Å². The Hall–Kier alpha value is -0.830. The van der Waals surface area contributed by atoms with E-state index in [1.165, 1.54) is 5.69 Å². The molecule has 0 aromatic carbocycles. The number of nitrogens with zero attached hydrogens (tertiary/aromatic N) is 2. The van der Waals surface area contributed by atoms with E-state index in [0.717, 1.165) is 6.54 Å². The summed E-state index contributed by atoms with van der Waals surface area (Å²) in [6, 6.07) is 0. The van der Waals surface area contributed by atoms with Crippen molar-refractivity contribution in [1.82, 2.24) is 9.55 Å². The van der Waals surface area contributed by atoms with Crippen molar-refractivity contribution in [3.63, 3.8) is 0 Å². The predicted octanol–water partition coefficient (Wildman–Crippen LogP) is 0.150. The Morgan fingerprint density at radius 3 is 3.00 bits per heavy atom. The second-order valence-electron chi connectivity index (χ2n) is 2.02. The fourth-order valence-electron chi connectivity index (χ4n) is 0.760. The fourth-order valence-corrected chi connectivity index (χ4v) is 0.760. The lowest BCUT2D eigenvalue weighted by atomic mass is 10.5. The van der Waals surface area contributed by atoms with Crippen LogP contribution in [0.2, 0.25) is 0 Å². The average molecular weight is 125 g/mol. The summed E-state index contributed by atoms with van der Waals surface area (Å²) >= 11 is 0. The quantitative estimate of drug-likeness (QED) is 0.611. The van der Waals surface area contributed by atoms with Crippen molar-refractivity contribution in [2.45, 2.75) is 13.5 Å². The van der Waals surface area contributed by atoms with Crippen LogP contribution in [-0.4, -0.2) is 16.1 Å². The lowest BCUT2D eigenvalue weighted by Gasteiger charge is -1.99. The first-order valence-electron chi connectivity index (χ1n) is 3.01. The molecular formula is C6H11N3. The molecule has 0 radical (unpaired) electrons. The van der Waals surface area contributed by atoms with Crippen LogP contribution in [0, 0.1) is 6.92 Å². The maximum absolute atomic E-state index is 5.34. The summed E-state index contributed by atoms with van der Waals surface area (Å²) in [7, 11) is 0. The number of rotatable bonds is 2. The van der Waals surface area contributed by atoms with Gasteiger partial charge in [-0.05, 0) is 6.92 Å². The molecule has 1 aromatic heterocycles. The van der Waals surface area contributed by atoms with Crippen molar-refractivity contribution in [3.05, 3.63) is 18.2 Å². The summed E-state index contributed by atoms with van der Waals surface area (Å²) in [6.07, 6.45) is 3.62. The molecule has 1 rings (SSSR count). The smallest absolute Gasteiger partial charge is 0.0948 e. The molecular weight excluding hydrogens is 114 g/mol. The molecule has 50 valence electrons. The molecule has 0 saturated carbocycles. The zero-order valence-electron chi connectivity index (χ0n) is 5.54. The third kappa shape index (κ3) is 1.29. The van der Waals surface area contributed by atoms with Crippen LogP contribution in [-0.2, 0) is 6.54 Å². The van der Waals surface area contributed by atoms with Crippen LogP contribution in [0.5, 0.6) is 0 Å². The van der Waals surface area contributed by atoms with Crippen LogP contribution in [0.25, 0.3) is 0 Å². The second kappa shape index (κ2) is 2.64. The highest BCUT2D eigenvalue weighted by atomic mass is 15.0.